The van der Waals surface area contributed by atoms with Crippen LogP contribution in [0.15, 0.2) is 48.5 Å². The van der Waals surface area contributed by atoms with Crippen molar-refractivity contribution in [1.29, 1.82) is 0 Å². The zero-order valence-corrected chi connectivity index (χ0v) is 16.2. The molecule has 138 valence electrons. The molecule has 2 aromatic rings. The summed E-state index contributed by atoms with van der Waals surface area (Å²) in [4.78, 5) is 16.7. The largest absolute Gasteiger partial charge is 0.482 e. The number of piperazine rings is 1. The second-order valence-corrected chi connectivity index (χ2v) is 7.21. The lowest BCUT2D eigenvalue weighted by Gasteiger charge is -2.38. The number of amides is 1. The third kappa shape index (κ3) is 4.70. The second-order valence-electron chi connectivity index (χ2n) is 6.37. The minimum Gasteiger partial charge on any atom is -0.482 e. The minimum absolute atomic E-state index is 0.0183. The fourth-order valence-electron chi connectivity index (χ4n) is 3.12. The molecule has 1 amide bonds. The molecule has 4 nitrogen and oxygen atoms in total. The van der Waals surface area contributed by atoms with Crippen molar-refractivity contribution in [2.24, 2.45) is 0 Å². The maximum atomic E-state index is 12.4. The molecule has 2 aromatic carbocycles. The average molecular weight is 393 g/mol. The van der Waals surface area contributed by atoms with Crippen LogP contribution in [0.4, 0.5) is 0 Å². The quantitative estimate of drug-likeness (QED) is 0.760. The lowest BCUT2D eigenvalue weighted by atomic mass is 10.1. The van der Waals surface area contributed by atoms with Gasteiger partial charge in [0, 0.05) is 37.2 Å². The lowest BCUT2D eigenvalue weighted by Crippen LogP contribution is -2.50. The SMILES string of the molecule is CC(c1ccccc1)N1CCN(C(=O)COc2ccc(Cl)cc2Cl)CC1. The second kappa shape index (κ2) is 8.76. The van der Waals surface area contributed by atoms with Crippen LogP contribution in [0.5, 0.6) is 5.75 Å². The van der Waals surface area contributed by atoms with Gasteiger partial charge in [-0.25, -0.2) is 0 Å². The molecule has 1 heterocycles. The highest BCUT2D eigenvalue weighted by molar-refractivity contribution is 6.35. The van der Waals surface area contributed by atoms with Crippen LogP contribution >= 0.6 is 23.2 Å². The maximum Gasteiger partial charge on any atom is 0.260 e. The van der Waals surface area contributed by atoms with Crippen molar-refractivity contribution in [3.05, 3.63) is 64.1 Å². The van der Waals surface area contributed by atoms with E-state index in [1.807, 2.05) is 11.0 Å². The Morgan fingerprint density at radius 2 is 1.77 bits per heavy atom. The Bertz CT molecular complexity index is 747. The molecule has 1 aliphatic heterocycles. The molecule has 0 N–H and O–H groups in total. The van der Waals surface area contributed by atoms with Gasteiger partial charge in [0.25, 0.3) is 5.91 Å². The van der Waals surface area contributed by atoms with E-state index in [0.717, 1.165) is 13.1 Å². The van der Waals surface area contributed by atoms with Gasteiger partial charge in [0.1, 0.15) is 5.75 Å². The molecule has 0 radical (unpaired) electrons. The summed E-state index contributed by atoms with van der Waals surface area (Å²) in [6.07, 6.45) is 0. The lowest BCUT2D eigenvalue weighted by molar-refractivity contribution is -0.135. The van der Waals surface area contributed by atoms with Crippen molar-refractivity contribution in [3.8, 4) is 5.75 Å². The number of carbonyl (C=O) groups excluding carboxylic acids is 1. The Morgan fingerprint density at radius 1 is 1.08 bits per heavy atom. The summed E-state index contributed by atoms with van der Waals surface area (Å²) in [6, 6.07) is 15.8. The summed E-state index contributed by atoms with van der Waals surface area (Å²) in [5.74, 6) is 0.448. The standard InChI is InChI=1S/C20H22Cl2N2O2/c1-15(16-5-3-2-4-6-16)23-9-11-24(12-10-23)20(25)14-26-19-8-7-17(21)13-18(19)22/h2-8,13,15H,9-12,14H2,1H3. The van der Waals surface area contributed by atoms with Crippen molar-refractivity contribution in [3.63, 3.8) is 0 Å². The molecule has 3 rings (SSSR count). The van der Waals surface area contributed by atoms with Gasteiger partial charge in [-0.15, -0.1) is 0 Å². The van der Waals surface area contributed by atoms with E-state index in [2.05, 4.69) is 36.1 Å². The Kier molecular flexibility index (Phi) is 6.41. The van der Waals surface area contributed by atoms with Crippen LogP contribution in [0.1, 0.15) is 18.5 Å². The Labute approximate surface area is 164 Å². The molecule has 1 fully saturated rings. The summed E-state index contributed by atoms with van der Waals surface area (Å²) < 4.78 is 5.56. The van der Waals surface area contributed by atoms with Gasteiger partial charge < -0.3 is 9.64 Å². The molecule has 0 aliphatic carbocycles. The van der Waals surface area contributed by atoms with Crippen LogP contribution in [0.3, 0.4) is 0 Å². The number of hydrogen-bond acceptors (Lipinski definition) is 3. The molecule has 1 atom stereocenters. The number of hydrogen-bond donors (Lipinski definition) is 0. The molecular formula is C20H22Cl2N2O2. The summed E-state index contributed by atoms with van der Waals surface area (Å²) >= 11 is 11.9. The molecule has 0 spiro atoms. The normalized spacial score (nSPS) is 16.3. The van der Waals surface area contributed by atoms with Crippen molar-refractivity contribution >= 4 is 29.1 Å². The van der Waals surface area contributed by atoms with Crippen molar-refractivity contribution < 1.29 is 9.53 Å². The van der Waals surface area contributed by atoms with Crippen LogP contribution in [-0.2, 0) is 4.79 Å². The maximum absolute atomic E-state index is 12.4. The van der Waals surface area contributed by atoms with Gasteiger partial charge >= 0.3 is 0 Å². The van der Waals surface area contributed by atoms with Crippen LogP contribution in [0, 0.1) is 0 Å². The fraction of sp³-hybridized carbons (Fsp3) is 0.350. The monoisotopic (exact) mass is 392 g/mol. The van der Waals surface area contributed by atoms with Gasteiger partial charge in [0.05, 0.1) is 5.02 Å². The van der Waals surface area contributed by atoms with E-state index in [0.29, 0.717) is 34.9 Å². The minimum atomic E-state index is -0.0250. The van der Waals surface area contributed by atoms with Gasteiger partial charge in [-0.2, -0.15) is 0 Å². The molecule has 1 aliphatic rings. The number of carbonyl (C=O) groups is 1. The molecular weight excluding hydrogens is 371 g/mol. The van der Waals surface area contributed by atoms with E-state index >= 15 is 0 Å². The average Bonchev–Trinajstić information content (AvgIpc) is 2.67. The number of benzene rings is 2. The molecule has 0 aromatic heterocycles. The zero-order chi connectivity index (χ0) is 18.5. The Morgan fingerprint density at radius 3 is 2.42 bits per heavy atom. The van der Waals surface area contributed by atoms with Crippen molar-refractivity contribution in [1.82, 2.24) is 9.80 Å². The fourth-order valence-corrected chi connectivity index (χ4v) is 3.59. The van der Waals surface area contributed by atoms with E-state index in [-0.39, 0.29) is 12.5 Å². The zero-order valence-electron chi connectivity index (χ0n) is 14.7. The molecule has 0 bridgehead atoms. The van der Waals surface area contributed by atoms with Gasteiger partial charge in [-0.1, -0.05) is 53.5 Å². The van der Waals surface area contributed by atoms with Gasteiger partial charge in [-0.3, -0.25) is 9.69 Å². The van der Waals surface area contributed by atoms with Crippen LogP contribution in [0.25, 0.3) is 0 Å². The smallest absolute Gasteiger partial charge is 0.260 e. The van der Waals surface area contributed by atoms with Crippen LogP contribution < -0.4 is 4.74 Å². The Hall–Kier alpha value is -1.75. The predicted molar refractivity (Wildman–Crippen MR) is 105 cm³/mol. The first-order chi connectivity index (χ1) is 12.5. The summed E-state index contributed by atoms with van der Waals surface area (Å²) in [6.45, 7) is 5.29. The van der Waals surface area contributed by atoms with E-state index in [4.69, 9.17) is 27.9 Å². The molecule has 26 heavy (non-hydrogen) atoms. The number of halogens is 2. The first-order valence-electron chi connectivity index (χ1n) is 8.69. The van der Waals surface area contributed by atoms with E-state index < -0.39 is 0 Å². The highest BCUT2D eigenvalue weighted by Gasteiger charge is 2.25. The molecule has 6 heteroatoms. The number of rotatable bonds is 5. The van der Waals surface area contributed by atoms with E-state index in [1.165, 1.54) is 5.56 Å². The van der Waals surface area contributed by atoms with Crippen molar-refractivity contribution in [2.75, 3.05) is 32.8 Å². The topological polar surface area (TPSA) is 32.8 Å². The number of ether oxygens (including phenoxy) is 1. The molecule has 1 unspecified atom stereocenters. The van der Waals surface area contributed by atoms with Gasteiger partial charge in [-0.05, 0) is 30.7 Å². The summed E-state index contributed by atoms with van der Waals surface area (Å²) in [5.41, 5.74) is 1.30. The Balaban J connectivity index is 1.49. The first kappa shape index (κ1) is 19.0. The third-order valence-electron chi connectivity index (χ3n) is 4.74. The highest BCUT2D eigenvalue weighted by atomic mass is 35.5. The summed E-state index contributed by atoms with van der Waals surface area (Å²) in [5, 5.41) is 0.948. The van der Waals surface area contributed by atoms with Crippen LogP contribution in [-0.4, -0.2) is 48.5 Å². The predicted octanol–water partition coefficient (Wildman–Crippen LogP) is 4.28. The van der Waals surface area contributed by atoms with Crippen LogP contribution in [0.2, 0.25) is 10.0 Å². The third-order valence-corrected chi connectivity index (χ3v) is 5.27. The van der Waals surface area contributed by atoms with E-state index in [9.17, 15) is 4.79 Å². The molecule has 1 saturated heterocycles. The van der Waals surface area contributed by atoms with Gasteiger partial charge in [0.15, 0.2) is 6.61 Å². The van der Waals surface area contributed by atoms with Crippen molar-refractivity contribution in [2.45, 2.75) is 13.0 Å². The van der Waals surface area contributed by atoms with E-state index in [1.54, 1.807) is 18.2 Å². The molecule has 0 saturated carbocycles. The first-order valence-corrected chi connectivity index (χ1v) is 9.45. The van der Waals surface area contributed by atoms with Gasteiger partial charge in [0.2, 0.25) is 0 Å². The highest BCUT2D eigenvalue weighted by Crippen LogP contribution is 2.27. The number of nitrogens with zero attached hydrogens (tertiary/aromatic N) is 2. The summed E-state index contributed by atoms with van der Waals surface area (Å²) in [7, 11) is 0.